The van der Waals surface area contributed by atoms with Gasteiger partial charge in [-0.2, -0.15) is 0 Å². The van der Waals surface area contributed by atoms with Crippen LogP contribution in [0, 0.1) is 0 Å². The van der Waals surface area contributed by atoms with Gasteiger partial charge in [0.15, 0.2) is 0 Å². The molecule has 0 bridgehead atoms. The molecule has 1 amide bonds. The highest BCUT2D eigenvalue weighted by molar-refractivity contribution is 6.30. The maximum absolute atomic E-state index is 12.2. The second-order valence-electron chi connectivity index (χ2n) is 5.22. The number of nitrogens with one attached hydrogen (secondary N) is 2. The number of benzene rings is 1. The van der Waals surface area contributed by atoms with Crippen LogP contribution in [-0.4, -0.2) is 24.5 Å². The minimum atomic E-state index is -0.311. The summed E-state index contributed by atoms with van der Waals surface area (Å²) in [5.41, 5.74) is 2.47. The van der Waals surface area contributed by atoms with E-state index >= 15 is 0 Å². The SMILES string of the molecule is CCNCC1=C(c2ccc(Cl)cc2)C(=O)NC1(C)C. The average Bonchev–Trinajstić information content (AvgIpc) is 2.57. The van der Waals surface area contributed by atoms with Gasteiger partial charge in [0.1, 0.15) is 0 Å². The van der Waals surface area contributed by atoms with E-state index in [1.807, 2.05) is 38.1 Å². The van der Waals surface area contributed by atoms with Crippen LogP contribution in [0.15, 0.2) is 29.8 Å². The minimum Gasteiger partial charge on any atom is -0.343 e. The van der Waals surface area contributed by atoms with Gasteiger partial charge in [-0.05, 0) is 43.7 Å². The fraction of sp³-hybridized carbons (Fsp3) is 0.400. The Balaban J connectivity index is 2.46. The first kappa shape index (κ1) is 14.1. The molecule has 102 valence electrons. The van der Waals surface area contributed by atoms with Gasteiger partial charge in [-0.25, -0.2) is 0 Å². The summed E-state index contributed by atoms with van der Waals surface area (Å²) in [4.78, 5) is 12.2. The maximum Gasteiger partial charge on any atom is 0.252 e. The van der Waals surface area contributed by atoms with Gasteiger partial charge in [0.05, 0.1) is 5.54 Å². The number of halogens is 1. The summed E-state index contributed by atoms with van der Waals surface area (Å²) in [6, 6.07) is 7.41. The molecule has 1 aliphatic heterocycles. The summed E-state index contributed by atoms with van der Waals surface area (Å²) in [6.07, 6.45) is 0. The van der Waals surface area contributed by atoms with Crippen LogP contribution in [0.3, 0.4) is 0 Å². The Morgan fingerprint density at radius 3 is 2.47 bits per heavy atom. The van der Waals surface area contributed by atoms with Crippen LogP contribution in [0.4, 0.5) is 0 Å². The van der Waals surface area contributed by atoms with Gasteiger partial charge < -0.3 is 10.6 Å². The Kier molecular flexibility index (Phi) is 3.97. The zero-order valence-electron chi connectivity index (χ0n) is 11.5. The van der Waals surface area contributed by atoms with Crippen molar-refractivity contribution in [1.29, 1.82) is 0 Å². The van der Waals surface area contributed by atoms with Crippen LogP contribution in [0.2, 0.25) is 5.02 Å². The predicted octanol–water partition coefficient (Wildman–Crippen LogP) is 2.61. The van der Waals surface area contributed by atoms with Crippen LogP contribution in [0.25, 0.3) is 5.57 Å². The fourth-order valence-corrected chi connectivity index (χ4v) is 2.48. The van der Waals surface area contributed by atoms with Crippen molar-refractivity contribution in [2.45, 2.75) is 26.3 Å². The summed E-state index contributed by atoms with van der Waals surface area (Å²) >= 11 is 5.90. The molecule has 0 radical (unpaired) electrons. The van der Waals surface area contributed by atoms with Crippen LogP contribution >= 0.6 is 11.6 Å². The molecule has 3 nitrogen and oxygen atoms in total. The number of hydrogen-bond acceptors (Lipinski definition) is 2. The molecule has 1 aromatic rings. The molecule has 1 aliphatic rings. The van der Waals surface area contributed by atoms with E-state index in [4.69, 9.17) is 11.6 Å². The molecule has 0 fully saturated rings. The summed E-state index contributed by atoms with van der Waals surface area (Å²) in [7, 11) is 0. The summed E-state index contributed by atoms with van der Waals surface area (Å²) < 4.78 is 0. The van der Waals surface area contributed by atoms with Gasteiger partial charge >= 0.3 is 0 Å². The lowest BCUT2D eigenvalue weighted by molar-refractivity contribution is -0.115. The van der Waals surface area contributed by atoms with Crippen molar-refractivity contribution in [3.05, 3.63) is 40.4 Å². The molecular weight excluding hydrogens is 260 g/mol. The molecule has 0 unspecified atom stereocenters. The third-order valence-electron chi connectivity index (χ3n) is 3.39. The molecule has 2 N–H and O–H groups in total. The third kappa shape index (κ3) is 2.82. The molecule has 0 atom stereocenters. The number of carbonyl (C=O) groups excluding carboxylic acids is 1. The standard InChI is InChI=1S/C15H19ClN2O/c1-4-17-9-12-13(14(19)18-15(12,2)3)10-5-7-11(16)8-6-10/h5-8,17H,4,9H2,1-3H3,(H,18,19). The van der Waals surface area contributed by atoms with Crippen LogP contribution < -0.4 is 10.6 Å². The topological polar surface area (TPSA) is 41.1 Å². The lowest BCUT2D eigenvalue weighted by Gasteiger charge is -2.23. The van der Waals surface area contributed by atoms with Crippen molar-refractivity contribution in [2.24, 2.45) is 0 Å². The third-order valence-corrected chi connectivity index (χ3v) is 3.65. The molecule has 0 saturated carbocycles. The minimum absolute atomic E-state index is 0.0137. The van der Waals surface area contributed by atoms with Crippen molar-refractivity contribution in [2.75, 3.05) is 13.1 Å². The fourth-order valence-electron chi connectivity index (χ4n) is 2.35. The Labute approximate surface area is 119 Å². The van der Waals surface area contributed by atoms with Gasteiger partial charge in [-0.3, -0.25) is 4.79 Å². The quantitative estimate of drug-likeness (QED) is 0.889. The van der Waals surface area contributed by atoms with E-state index in [9.17, 15) is 4.79 Å². The lowest BCUT2D eigenvalue weighted by Crippen LogP contribution is -2.40. The normalized spacial score (nSPS) is 17.8. The van der Waals surface area contributed by atoms with Crippen LogP contribution in [0.1, 0.15) is 26.3 Å². The number of carbonyl (C=O) groups is 1. The Morgan fingerprint density at radius 2 is 1.89 bits per heavy atom. The highest BCUT2D eigenvalue weighted by Crippen LogP contribution is 2.33. The van der Waals surface area contributed by atoms with Crippen LogP contribution in [-0.2, 0) is 4.79 Å². The Hall–Kier alpha value is -1.32. The summed E-state index contributed by atoms with van der Waals surface area (Å²) in [6.45, 7) is 7.70. The lowest BCUT2D eigenvalue weighted by atomic mass is 9.91. The van der Waals surface area contributed by atoms with Crippen molar-refractivity contribution >= 4 is 23.1 Å². The molecule has 1 aromatic carbocycles. The number of likely N-dealkylation sites (N-methyl/N-ethyl adjacent to an activating group) is 1. The predicted molar refractivity (Wildman–Crippen MR) is 79.1 cm³/mol. The van der Waals surface area contributed by atoms with Gasteiger partial charge in [0.25, 0.3) is 5.91 Å². The Morgan fingerprint density at radius 1 is 1.26 bits per heavy atom. The van der Waals surface area contributed by atoms with Crippen molar-refractivity contribution in [3.63, 3.8) is 0 Å². The second kappa shape index (κ2) is 5.35. The first-order valence-electron chi connectivity index (χ1n) is 6.48. The van der Waals surface area contributed by atoms with Crippen molar-refractivity contribution < 1.29 is 4.79 Å². The molecule has 0 spiro atoms. The van der Waals surface area contributed by atoms with Crippen molar-refractivity contribution in [3.8, 4) is 0 Å². The van der Waals surface area contributed by atoms with Gasteiger partial charge in [0, 0.05) is 17.1 Å². The zero-order valence-corrected chi connectivity index (χ0v) is 12.3. The molecular formula is C15H19ClN2O. The summed E-state index contributed by atoms with van der Waals surface area (Å²) in [5.74, 6) is -0.0137. The molecule has 0 aromatic heterocycles. The van der Waals surface area contributed by atoms with Crippen molar-refractivity contribution in [1.82, 2.24) is 10.6 Å². The number of hydrogen-bond donors (Lipinski definition) is 2. The first-order valence-corrected chi connectivity index (χ1v) is 6.86. The highest BCUT2D eigenvalue weighted by Gasteiger charge is 2.37. The zero-order chi connectivity index (χ0) is 14.0. The second-order valence-corrected chi connectivity index (χ2v) is 5.66. The average molecular weight is 279 g/mol. The highest BCUT2D eigenvalue weighted by atomic mass is 35.5. The smallest absolute Gasteiger partial charge is 0.252 e. The maximum atomic E-state index is 12.2. The first-order chi connectivity index (χ1) is 8.95. The van der Waals surface area contributed by atoms with E-state index in [2.05, 4.69) is 17.6 Å². The number of amides is 1. The van der Waals surface area contributed by atoms with Gasteiger partial charge in [0.2, 0.25) is 0 Å². The van der Waals surface area contributed by atoms with E-state index in [-0.39, 0.29) is 11.4 Å². The molecule has 4 heteroatoms. The molecule has 1 heterocycles. The van der Waals surface area contributed by atoms with E-state index in [0.29, 0.717) is 11.6 Å². The molecule has 2 rings (SSSR count). The number of rotatable bonds is 4. The van der Waals surface area contributed by atoms with E-state index < -0.39 is 0 Å². The van der Waals surface area contributed by atoms with Gasteiger partial charge in [-0.1, -0.05) is 30.7 Å². The monoisotopic (exact) mass is 278 g/mol. The molecule has 0 aliphatic carbocycles. The molecule has 19 heavy (non-hydrogen) atoms. The van der Waals surface area contributed by atoms with E-state index in [1.54, 1.807) is 0 Å². The Bertz CT molecular complexity index is 517. The molecule has 0 saturated heterocycles. The van der Waals surface area contributed by atoms with Gasteiger partial charge in [-0.15, -0.1) is 0 Å². The van der Waals surface area contributed by atoms with E-state index in [1.165, 1.54) is 0 Å². The van der Waals surface area contributed by atoms with Crippen LogP contribution in [0.5, 0.6) is 0 Å². The summed E-state index contributed by atoms with van der Waals surface area (Å²) in [5, 5.41) is 7.01. The van der Waals surface area contributed by atoms with E-state index in [0.717, 1.165) is 23.3 Å². The largest absolute Gasteiger partial charge is 0.343 e.